The van der Waals surface area contributed by atoms with Crippen molar-refractivity contribution in [2.75, 3.05) is 13.2 Å². The van der Waals surface area contributed by atoms with Gasteiger partial charge in [-0.3, -0.25) is 4.79 Å². The third-order valence-electron chi connectivity index (χ3n) is 4.29. The maximum absolute atomic E-state index is 12.8. The van der Waals surface area contributed by atoms with Crippen molar-refractivity contribution in [1.82, 2.24) is 14.6 Å². The molecule has 0 saturated heterocycles. The Labute approximate surface area is 177 Å². The molecule has 0 aliphatic carbocycles. The Morgan fingerprint density at radius 2 is 1.73 bits per heavy atom. The summed E-state index contributed by atoms with van der Waals surface area (Å²) in [5.41, 5.74) is 1.72. The van der Waals surface area contributed by atoms with E-state index in [0.29, 0.717) is 40.0 Å². The number of rotatable bonds is 7. The number of benzene rings is 2. The summed E-state index contributed by atoms with van der Waals surface area (Å²) in [5.74, 6) is 1.86. The van der Waals surface area contributed by atoms with Crippen molar-refractivity contribution in [3.63, 3.8) is 0 Å². The molecular formula is C23H21N3O3S. The monoisotopic (exact) mass is 419 g/mol. The molecule has 0 amide bonds. The topological polar surface area (TPSA) is 65.7 Å². The van der Waals surface area contributed by atoms with E-state index in [0.717, 1.165) is 11.1 Å². The van der Waals surface area contributed by atoms with Gasteiger partial charge in [-0.15, -0.1) is 5.10 Å². The van der Waals surface area contributed by atoms with Gasteiger partial charge < -0.3 is 9.47 Å². The number of hydrogen-bond donors (Lipinski definition) is 0. The molecule has 0 aliphatic rings. The number of nitrogens with zero attached hydrogens (tertiary/aromatic N) is 3. The lowest BCUT2D eigenvalue weighted by atomic mass is 10.2. The first-order valence-electron chi connectivity index (χ1n) is 9.72. The van der Waals surface area contributed by atoms with E-state index in [4.69, 9.17) is 9.47 Å². The second-order valence-corrected chi connectivity index (χ2v) is 7.41. The van der Waals surface area contributed by atoms with Gasteiger partial charge in [0.05, 0.1) is 17.7 Å². The molecule has 0 saturated carbocycles. The van der Waals surface area contributed by atoms with Gasteiger partial charge in [-0.2, -0.15) is 9.50 Å². The molecule has 30 heavy (non-hydrogen) atoms. The van der Waals surface area contributed by atoms with Crippen LogP contribution in [0.1, 0.15) is 30.8 Å². The fourth-order valence-corrected chi connectivity index (χ4v) is 3.88. The molecule has 6 nitrogen and oxygen atoms in total. The van der Waals surface area contributed by atoms with Crippen LogP contribution in [0.15, 0.2) is 53.3 Å². The predicted molar refractivity (Wildman–Crippen MR) is 120 cm³/mol. The normalized spacial score (nSPS) is 12.1. The maximum atomic E-state index is 12.8. The molecule has 0 fully saturated rings. The van der Waals surface area contributed by atoms with E-state index < -0.39 is 0 Å². The van der Waals surface area contributed by atoms with Gasteiger partial charge in [0, 0.05) is 0 Å². The number of thiazole rings is 1. The zero-order valence-corrected chi connectivity index (χ0v) is 17.6. The van der Waals surface area contributed by atoms with Crippen LogP contribution in [0.3, 0.4) is 0 Å². The molecule has 0 bridgehead atoms. The molecule has 7 heteroatoms. The lowest BCUT2D eigenvalue weighted by Gasteiger charge is -2.11. The molecule has 2 aromatic heterocycles. The van der Waals surface area contributed by atoms with Gasteiger partial charge in [0.15, 0.2) is 17.3 Å². The van der Waals surface area contributed by atoms with Gasteiger partial charge in [0.25, 0.3) is 5.56 Å². The SMILES string of the molecule is CCOc1ccc(C=c2sc3nc(C=Cc4ccccc4)nn3c2=O)cc1OCC. The summed E-state index contributed by atoms with van der Waals surface area (Å²) < 4.78 is 13.2. The first kappa shape index (κ1) is 19.8. The Morgan fingerprint density at radius 1 is 0.967 bits per heavy atom. The van der Waals surface area contributed by atoms with E-state index in [1.54, 1.807) is 6.08 Å². The molecule has 2 aromatic carbocycles. The molecule has 0 N–H and O–H groups in total. The molecule has 0 radical (unpaired) electrons. The quantitative estimate of drug-likeness (QED) is 0.457. The molecule has 0 unspecified atom stereocenters. The average molecular weight is 420 g/mol. The van der Waals surface area contributed by atoms with Crippen molar-refractivity contribution in [3.8, 4) is 11.5 Å². The molecule has 152 valence electrons. The van der Waals surface area contributed by atoms with Crippen LogP contribution in [-0.4, -0.2) is 27.8 Å². The van der Waals surface area contributed by atoms with E-state index in [1.807, 2.05) is 74.5 Å². The zero-order chi connectivity index (χ0) is 20.9. The Hall–Kier alpha value is -3.45. The van der Waals surface area contributed by atoms with Crippen molar-refractivity contribution in [3.05, 3.63) is 80.4 Å². The van der Waals surface area contributed by atoms with Crippen LogP contribution in [0.2, 0.25) is 0 Å². The summed E-state index contributed by atoms with van der Waals surface area (Å²) in [5, 5.41) is 4.33. The largest absolute Gasteiger partial charge is 0.490 e. The minimum atomic E-state index is -0.186. The lowest BCUT2D eigenvalue weighted by Crippen LogP contribution is -2.23. The Kier molecular flexibility index (Phi) is 5.90. The van der Waals surface area contributed by atoms with Crippen LogP contribution < -0.4 is 19.6 Å². The lowest BCUT2D eigenvalue weighted by molar-refractivity contribution is 0.287. The molecule has 4 aromatic rings. The molecular weight excluding hydrogens is 398 g/mol. The zero-order valence-electron chi connectivity index (χ0n) is 16.7. The van der Waals surface area contributed by atoms with Gasteiger partial charge in [-0.05, 0) is 49.3 Å². The summed E-state index contributed by atoms with van der Waals surface area (Å²) in [4.78, 5) is 17.8. The van der Waals surface area contributed by atoms with E-state index in [2.05, 4.69) is 10.1 Å². The molecule has 0 atom stereocenters. The van der Waals surface area contributed by atoms with Crippen molar-refractivity contribution in [2.45, 2.75) is 13.8 Å². The summed E-state index contributed by atoms with van der Waals surface area (Å²) in [6, 6.07) is 15.5. The van der Waals surface area contributed by atoms with Crippen molar-refractivity contribution < 1.29 is 9.47 Å². The number of aromatic nitrogens is 3. The summed E-state index contributed by atoms with van der Waals surface area (Å²) >= 11 is 1.31. The minimum absolute atomic E-state index is 0.186. The third kappa shape index (κ3) is 4.26. The average Bonchev–Trinajstić information content (AvgIpc) is 3.28. The van der Waals surface area contributed by atoms with Crippen molar-refractivity contribution in [2.24, 2.45) is 0 Å². The van der Waals surface area contributed by atoms with E-state index in [9.17, 15) is 4.79 Å². The van der Waals surface area contributed by atoms with E-state index >= 15 is 0 Å². The van der Waals surface area contributed by atoms with Crippen LogP contribution in [0.25, 0.3) is 23.2 Å². The standard InChI is InChI=1S/C23H21N3O3S/c1-3-28-18-12-10-17(14-19(18)29-4-2)15-20-22(27)26-23(30-20)24-21(25-26)13-11-16-8-6-5-7-9-16/h5-15H,3-4H2,1-2H3. The van der Waals surface area contributed by atoms with Gasteiger partial charge >= 0.3 is 0 Å². The van der Waals surface area contributed by atoms with Crippen LogP contribution in [0, 0.1) is 0 Å². The van der Waals surface area contributed by atoms with E-state index in [-0.39, 0.29) is 5.56 Å². The fraction of sp³-hybridized carbons (Fsp3) is 0.174. The van der Waals surface area contributed by atoms with Gasteiger partial charge in [-0.25, -0.2) is 0 Å². The van der Waals surface area contributed by atoms with Gasteiger partial charge in [0.1, 0.15) is 0 Å². The molecule has 0 aliphatic heterocycles. The van der Waals surface area contributed by atoms with Crippen LogP contribution in [0.4, 0.5) is 0 Å². The Bertz CT molecular complexity index is 1290. The molecule has 0 spiro atoms. The highest BCUT2D eigenvalue weighted by Gasteiger charge is 2.10. The van der Waals surface area contributed by atoms with Gasteiger partial charge in [0.2, 0.25) is 4.96 Å². The Balaban J connectivity index is 1.65. The Morgan fingerprint density at radius 3 is 2.47 bits per heavy atom. The smallest absolute Gasteiger partial charge is 0.291 e. The van der Waals surface area contributed by atoms with Crippen LogP contribution in [0.5, 0.6) is 11.5 Å². The minimum Gasteiger partial charge on any atom is -0.490 e. The number of hydrogen-bond acceptors (Lipinski definition) is 6. The van der Waals surface area contributed by atoms with Crippen molar-refractivity contribution in [1.29, 1.82) is 0 Å². The number of ether oxygens (including phenoxy) is 2. The summed E-state index contributed by atoms with van der Waals surface area (Å²) in [6.07, 6.45) is 5.55. The first-order valence-corrected chi connectivity index (χ1v) is 10.5. The highest BCUT2D eigenvalue weighted by Crippen LogP contribution is 2.28. The summed E-state index contributed by atoms with van der Waals surface area (Å²) in [6.45, 7) is 4.94. The highest BCUT2D eigenvalue weighted by molar-refractivity contribution is 7.15. The van der Waals surface area contributed by atoms with Crippen LogP contribution in [-0.2, 0) is 0 Å². The molecule has 2 heterocycles. The maximum Gasteiger partial charge on any atom is 0.291 e. The summed E-state index contributed by atoms with van der Waals surface area (Å²) in [7, 11) is 0. The third-order valence-corrected chi connectivity index (χ3v) is 5.25. The first-order chi connectivity index (χ1) is 14.7. The second kappa shape index (κ2) is 8.92. The van der Waals surface area contributed by atoms with Crippen LogP contribution >= 0.6 is 11.3 Å². The molecule has 4 rings (SSSR count). The van der Waals surface area contributed by atoms with Crippen molar-refractivity contribution >= 4 is 34.5 Å². The van der Waals surface area contributed by atoms with E-state index in [1.165, 1.54) is 15.9 Å². The predicted octanol–water partition coefficient (Wildman–Crippen LogP) is 3.67. The second-order valence-electron chi connectivity index (χ2n) is 6.40. The van der Waals surface area contributed by atoms with Gasteiger partial charge in [-0.1, -0.05) is 53.8 Å². The highest BCUT2D eigenvalue weighted by atomic mass is 32.1. The number of fused-ring (bicyclic) bond motifs is 1. The fourth-order valence-electron chi connectivity index (χ4n) is 2.96.